The maximum absolute atomic E-state index is 5.62. The van der Waals surface area contributed by atoms with Crippen molar-refractivity contribution in [2.24, 2.45) is 0 Å². The normalized spacial score (nSPS) is 13.0. The van der Waals surface area contributed by atoms with E-state index in [1.54, 1.807) is 0 Å². The molecule has 0 fully saturated rings. The summed E-state index contributed by atoms with van der Waals surface area (Å²) in [5.74, 6) is 0. The molecule has 0 bridgehead atoms. The van der Waals surface area contributed by atoms with E-state index in [1.165, 1.54) is 12.8 Å². The minimum Gasteiger partial charge on any atom is -0.372 e. The Morgan fingerprint density at radius 2 is 2.27 bits per heavy atom. The van der Waals surface area contributed by atoms with Gasteiger partial charge in [0.15, 0.2) is 0 Å². The fourth-order valence-electron chi connectivity index (χ4n) is 1.27. The van der Waals surface area contributed by atoms with Gasteiger partial charge in [0.05, 0.1) is 18.4 Å². The molecule has 86 valence electrons. The molecule has 15 heavy (non-hydrogen) atoms. The van der Waals surface area contributed by atoms with E-state index in [4.69, 9.17) is 4.74 Å². The molecule has 0 aliphatic carbocycles. The number of hydrogen-bond donors (Lipinski definition) is 0. The second-order valence-corrected chi connectivity index (χ2v) is 3.95. The summed E-state index contributed by atoms with van der Waals surface area (Å²) in [5.41, 5.74) is 1.03. The van der Waals surface area contributed by atoms with Gasteiger partial charge < -0.3 is 4.74 Å². The van der Waals surface area contributed by atoms with Crippen LogP contribution in [0.1, 0.15) is 45.7 Å². The molecule has 1 aromatic heterocycles. The van der Waals surface area contributed by atoms with Crippen molar-refractivity contribution in [2.75, 3.05) is 0 Å². The third-order valence-corrected chi connectivity index (χ3v) is 2.53. The number of nitrogens with zero attached hydrogens (tertiary/aromatic N) is 2. The first kappa shape index (κ1) is 12.2. The molecule has 0 N–H and O–H groups in total. The molecule has 0 aromatic carbocycles. The first-order valence-corrected chi connectivity index (χ1v) is 5.90. The highest BCUT2D eigenvalue weighted by atomic mass is 16.5. The van der Waals surface area contributed by atoms with Gasteiger partial charge in [0.2, 0.25) is 0 Å². The number of aromatic nitrogens is 2. The van der Waals surface area contributed by atoms with Crippen LogP contribution in [0.25, 0.3) is 0 Å². The van der Waals surface area contributed by atoms with Gasteiger partial charge in [-0.15, -0.1) is 0 Å². The highest BCUT2D eigenvalue weighted by Crippen LogP contribution is 2.04. The Morgan fingerprint density at radius 3 is 2.93 bits per heavy atom. The van der Waals surface area contributed by atoms with Gasteiger partial charge in [-0.1, -0.05) is 20.3 Å². The Labute approximate surface area is 92.4 Å². The molecule has 0 amide bonds. The zero-order valence-corrected chi connectivity index (χ0v) is 10.1. The molecule has 1 heterocycles. The Morgan fingerprint density at radius 1 is 1.47 bits per heavy atom. The standard InChI is InChI=1S/C12H22N2O/c1-4-6-8-14-9-7-12(13-14)10-15-11(3)5-2/h7,9,11H,4-6,8,10H2,1-3H3/t11-/m1/s1. The Hall–Kier alpha value is -0.830. The SMILES string of the molecule is CCCCn1ccc(CO[C@H](C)CC)n1. The van der Waals surface area contributed by atoms with Crippen molar-refractivity contribution in [3.8, 4) is 0 Å². The van der Waals surface area contributed by atoms with Crippen LogP contribution < -0.4 is 0 Å². The number of ether oxygens (including phenoxy) is 1. The molecule has 3 heteroatoms. The Balaban J connectivity index is 2.32. The zero-order chi connectivity index (χ0) is 11.1. The fraction of sp³-hybridized carbons (Fsp3) is 0.750. The second-order valence-electron chi connectivity index (χ2n) is 3.95. The van der Waals surface area contributed by atoms with E-state index in [1.807, 2.05) is 16.9 Å². The zero-order valence-electron chi connectivity index (χ0n) is 10.1. The predicted molar refractivity (Wildman–Crippen MR) is 61.7 cm³/mol. The van der Waals surface area contributed by atoms with Crippen molar-refractivity contribution in [3.63, 3.8) is 0 Å². The monoisotopic (exact) mass is 210 g/mol. The van der Waals surface area contributed by atoms with Crippen molar-refractivity contribution in [1.29, 1.82) is 0 Å². The lowest BCUT2D eigenvalue weighted by Crippen LogP contribution is -2.07. The summed E-state index contributed by atoms with van der Waals surface area (Å²) in [6, 6.07) is 2.04. The molecule has 0 saturated carbocycles. The number of unbranched alkanes of at least 4 members (excludes halogenated alkanes) is 1. The lowest BCUT2D eigenvalue weighted by molar-refractivity contribution is 0.0486. The third kappa shape index (κ3) is 4.47. The average molecular weight is 210 g/mol. The van der Waals surface area contributed by atoms with Crippen LogP contribution in [0, 0.1) is 0 Å². The maximum Gasteiger partial charge on any atom is 0.0910 e. The van der Waals surface area contributed by atoms with Crippen LogP contribution >= 0.6 is 0 Å². The van der Waals surface area contributed by atoms with E-state index in [2.05, 4.69) is 25.9 Å². The molecule has 1 aromatic rings. The molecule has 0 radical (unpaired) electrons. The van der Waals surface area contributed by atoms with Crippen LogP contribution in [0.3, 0.4) is 0 Å². The highest BCUT2D eigenvalue weighted by molar-refractivity contribution is 4.97. The topological polar surface area (TPSA) is 27.1 Å². The molecule has 0 aliphatic heterocycles. The summed E-state index contributed by atoms with van der Waals surface area (Å²) in [5, 5.41) is 4.45. The number of aryl methyl sites for hydroxylation is 1. The molecule has 1 rings (SSSR count). The van der Waals surface area contributed by atoms with E-state index < -0.39 is 0 Å². The lowest BCUT2D eigenvalue weighted by atomic mass is 10.3. The summed E-state index contributed by atoms with van der Waals surface area (Å²) in [7, 11) is 0. The average Bonchev–Trinajstić information content (AvgIpc) is 2.71. The molecule has 1 atom stereocenters. The molecular weight excluding hydrogens is 188 g/mol. The van der Waals surface area contributed by atoms with Crippen LogP contribution in [-0.2, 0) is 17.9 Å². The minimum absolute atomic E-state index is 0.325. The van der Waals surface area contributed by atoms with Gasteiger partial charge in [-0.05, 0) is 25.8 Å². The minimum atomic E-state index is 0.325. The second kappa shape index (κ2) is 6.62. The first-order chi connectivity index (χ1) is 7.26. The summed E-state index contributed by atoms with van der Waals surface area (Å²) >= 11 is 0. The van der Waals surface area contributed by atoms with E-state index in [9.17, 15) is 0 Å². The largest absolute Gasteiger partial charge is 0.372 e. The van der Waals surface area contributed by atoms with Crippen molar-refractivity contribution in [3.05, 3.63) is 18.0 Å². The van der Waals surface area contributed by atoms with Crippen LogP contribution in [0.15, 0.2) is 12.3 Å². The summed E-state index contributed by atoms with van der Waals surface area (Å²) < 4.78 is 7.62. The van der Waals surface area contributed by atoms with Crippen LogP contribution in [0.4, 0.5) is 0 Å². The number of rotatable bonds is 7. The maximum atomic E-state index is 5.62. The van der Waals surface area contributed by atoms with E-state index in [0.717, 1.165) is 18.7 Å². The van der Waals surface area contributed by atoms with E-state index in [-0.39, 0.29) is 0 Å². The Kier molecular flexibility index (Phi) is 5.40. The van der Waals surface area contributed by atoms with E-state index >= 15 is 0 Å². The molecule has 0 aliphatic rings. The van der Waals surface area contributed by atoms with Gasteiger partial charge in [-0.3, -0.25) is 4.68 Å². The van der Waals surface area contributed by atoms with Gasteiger partial charge in [-0.25, -0.2) is 0 Å². The summed E-state index contributed by atoms with van der Waals surface area (Å²) in [6.45, 7) is 8.06. The third-order valence-electron chi connectivity index (χ3n) is 2.53. The first-order valence-electron chi connectivity index (χ1n) is 5.90. The van der Waals surface area contributed by atoms with Gasteiger partial charge in [0.25, 0.3) is 0 Å². The molecular formula is C12H22N2O. The quantitative estimate of drug-likeness (QED) is 0.691. The molecule has 3 nitrogen and oxygen atoms in total. The van der Waals surface area contributed by atoms with Crippen LogP contribution in [0.5, 0.6) is 0 Å². The van der Waals surface area contributed by atoms with Crippen molar-refractivity contribution >= 4 is 0 Å². The van der Waals surface area contributed by atoms with E-state index in [0.29, 0.717) is 12.7 Å². The predicted octanol–water partition coefficient (Wildman–Crippen LogP) is 3.00. The number of hydrogen-bond acceptors (Lipinski definition) is 2. The molecule has 0 unspecified atom stereocenters. The van der Waals surface area contributed by atoms with Gasteiger partial charge in [0, 0.05) is 12.7 Å². The highest BCUT2D eigenvalue weighted by Gasteiger charge is 2.02. The molecule has 0 saturated heterocycles. The van der Waals surface area contributed by atoms with Crippen molar-refractivity contribution < 1.29 is 4.74 Å². The van der Waals surface area contributed by atoms with Crippen molar-refractivity contribution in [2.45, 2.75) is 59.3 Å². The fourth-order valence-corrected chi connectivity index (χ4v) is 1.27. The van der Waals surface area contributed by atoms with Gasteiger partial charge in [0.1, 0.15) is 0 Å². The van der Waals surface area contributed by atoms with Gasteiger partial charge >= 0.3 is 0 Å². The summed E-state index contributed by atoms with van der Waals surface area (Å²) in [4.78, 5) is 0. The lowest BCUT2D eigenvalue weighted by Gasteiger charge is -2.08. The van der Waals surface area contributed by atoms with Crippen molar-refractivity contribution in [1.82, 2.24) is 9.78 Å². The van der Waals surface area contributed by atoms with Gasteiger partial charge in [-0.2, -0.15) is 5.10 Å². The summed E-state index contributed by atoms with van der Waals surface area (Å²) in [6.07, 6.45) is 5.80. The smallest absolute Gasteiger partial charge is 0.0910 e. The van der Waals surface area contributed by atoms with Crippen LogP contribution in [0.2, 0.25) is 0 Å². The molecule has 0 spiro atoms. The Bertz CT molecular complexity index is 270. The van der Waals surface area contributed by atoms with Crippen LogP contribution in [-0.4, -0.2) is 15.9 Å².